The van der Waals surface area contributed by atoms with Gasteiger partial charge in [0.2, 0.25) is 0 Å². The van der Waals surface area contributed by atoms with Crippen LogP contribution in [0.4, 0.5) is 0 Å². The Labute approximate surface area is 325 Å². The number of carbonyl (C=O) groups excluding carboxylic acids is 2. The predicted octanol–water partition coefficient (Wildman–Crippen LogP) is 11.0. The Balaban J connectivity index is 1.49. The van der Waals surface area contributed by atoms with Crippen molar-refractivity contribution in [3.8, 4) is 22.3 Å². The molecule has 0 saturated carbocycles. The molecule has 0 spiro atoms. The standard InChI is InChI=1S/2C22H17.C2H3BN2O2.2ClH.Hf/c2*1-16-8-5-6-12-20(16)21-13-7-11-18-14-19(15-22(18)21)17-9-3-2-4-10-17;6-1-4-3-5-2-7;;;/h2*2-15H,1H3;1-2H,(H-,4,5,6,7);2*1H;/q;;;;;+1/p-1. The molecule has 0 radical (unpaired) electrons. The van der Waals surface area contributed by atoms with E-state index in [0.29, 0.717) is 12.8 Å². The topological polar surface area (TPSA) is 58.2 Å². The number of aryl methyl sites for hydroxylation is 2. The second-order valence-corrected chi connectivity index (χ2v) is 44.7. The maximum atomic E-state index is 12.7. The van der Waals surface area contributed by atoms with Crippen molar-refractivity contribution in [3.63, 3.8) is 0 Å². The second kappa shape index (κ2) is 14.5. The molecule has 0 aromatic heterocycles. The van der Waals surface area contributed by atoms with Crippen molar-refractivity contribution in [1.82, 2.24) is 10.5 Å². The average Bonchev–Trinajstić information content (AvgIpc) is 3.81. The second-order valence-electron chi connectivity index (χ2n) is 14.3. The first-order valence-corrected chi connectivity index (χ1v) is 33.3. The van der Waals surface area contributed by atoms with Gasteiger partial charge in [0.05, 0.1) is 0 Å². The van der Waals surface area contributed by atoms with Gasteiger partial charge < -0.3 is 0 Å². The molecular formula is C46H38BCl2HfN2O2. The molecule has 0 bridgehead atoms. The Morgan fingerprint density at radius 2 is 0.870 bits per heavy atom. The zero-order valence-corrected chi connectivity index (χ0v) is 35.1. The molecule has 265 valence electrons. The summed E-state index contributed by atoms with van der Waals surface area (Å²) in [5, 5.41) is 5.98. The number of amides is 2. The molecule has 0 heterocycles. The van der Waals surface area contributed by atoms with Crippen LogP contribution in [0.1, 0.15) is 51.9 Å². The zero-order chi connectivity index (χ0) is 37.5. The van der Waals surface area contributed by atoms with Crippen molar-refractivity contribution in [3.05, 3.63) is 190 Å². The molecule has 8 rings (SSSR count). The number of hydrogen-bond acceptors (Lipinski definition) is 2. The summed E-state index contributed by atoms with van der Waals surface area (Å²) in [6, 6.07) is 49.8. The quantitative estimate of drug-likeness (QED) is 0.101. The number of benzene rings is 6. The molecule has 8 heteroatoms. The molecule has 2 unspecified atom stereocenters. The Bertz CT molecular complexity index is 2320. The third kappa shape index (κ3) is 5.87. The van der Waals surface area contributed by atoms with E-state index in [9.17, 15) is 9.59 Å². The SMILES string of the molecule is Cc1ccccc1-c1cccc2c1C=C(c1ccccc1)[CH]2[Hf]([Cl])([Cl])([B](NC=O)NC=O)[CH]1C(c2ccccc2)=Cc2c(-c3ccccc3C)cccc21. The number of fused-ring (bicyclic) bond motifs is 2. The number of hydrogen-bond donors (Lipinski definition) is 2. The monoisotopic (exact) mass is 911 g/mol. The fourth-order valence-corrected chi connectivity index (χ4v) is 37.3. The molecular weight excluding hydrogens is 873 g/mol. The van der Waals surface area contributed by atoms with Gasteiger partial charge >= 0.3 is 327 Å². The minimum absolute atomic E-state index is 0.554. The fraction of sp³-hybridized carbons (Fsp3) is 0.0870. The van der Waals surface area contributed by atoms with E-state index < -0.39 is 27.8 Å². The molecule has 2 aliphatic carbocycles. The Kier molecular flexibility index (Phi) is 9.72. The normalized spacial score (nSPS) is 16.6. The third-order valence-corrected chi connectivity index (χ3v) is 39.6. The van der Waals surface area contributed by atoms with Crippen molar-refractivity contribution in [2.45, 2.75) is 21.2 Å². The third-order valence-electron chi connectivity index (χ3n) is 11.3. The number of carbonyl (C=O) groups is 2. The summed E-state index contributed by atoms with van der Waals surface area (Å²) in [5.41, 5.74) is 14.6. The summed E-state index contributed by atoms with van der Waals surface area (Å²) < 4.78 is -2.15. The molecule has 2 amide bonds. The molecule has 4 nitrogen and oxygen atoms in total. The van der Waals surface area contributed by atoms with Crippen LogP contribution in [0.15, 0.2) is 146 Å². The van der Waals surface area contributed by atoms with Gasteiger partial charge in [-0.05, 0) is 0 Å². The van der Waals surface area contributed by atoms with Gasteiger partial charge in [-0.3, -0.25) is 0 Å². The van der Waals surface area contributed by atoms with E-state index >= 15 is 0 Å². The van der Waals surface area contributed by atoms with Crippen molar-refractivity contribution in [2.24, 2.45) is 0 Å². The van der Waals surface area contributed by atoms with E-state index in [1.54, 1.807) is 0 Å². The minimum atomic E-state index is -6.31. The molecule has 0 saturated heterocycles. The summed E-state index contributed by atoms with van der Waals surface area (Å²) in [4.78, 5) is 25.4. The van der Waals surface area contributed by atoms with Crippen LogP contribution in [0.3, 0.4) is 0 Å². The van der Waals surface area contributed by atoms with Crippen LogP contribution in [0.2, 0.25) is 0 Å². The zero-order valence-electron chi connectivity index (χ0n) is 30.0. The molecule has 2 N–H and O–H groups in total. The molecule has 54 heavy (non-hydrogen) atoms. The molecule has 2 aliphatic rings. The molecule has 6 aromatic rings. The first-order valence-electron chi connectivity index (χ1n) is 18.1. The number of nitrogens with one attached hydrogen (secondary N) is 2. The predicted molar refractivity (Wildman–Crippen MR) is 223 cm³/mol. The van der Waals surface area contributed by atoms with E-state index in [-0.39, 0.29) is 0 Å². The van der Waals surface area contributed by atoms with Crippen LogP contribution in [-0.4, -0.2) is 17.4 Å². The molecule has 0 aliphatic heterocycles. The van der Waals surface area contributed by atoms with Crippen LogP contribution < -0.4 is 10.5 Å². The van der Waals surface area contributed by atoms with Crippen molar-refractivity contribution in [2.75, 3.05) is 0 Å². The van der Waals surface area contributed by atoms with Crippen LogP contribution in [-0.2, 0) is 25.5 Å². The van der Waals surface area contributed by atoms with Crippen LogP contribution in [0, 0.1) is 13.8 Å². The van der Waals surface area contributed by atoms with Crippen molar-refractivity contribution < 1.29 is 25.5 Å². The van der Waals surface area contributed by atoms with Crippen molar-refractivity contribution >= 4 is 57.8 Å². The summed E-state index contributed by atoms with van der Waals surface area (Å²) >= 11 is -6.31. The van der Waals surface area contributed by atoms with Gasteiger partial charge in [0.15, 0.2) is 0 Å². The first-order chi connectivity index (χ1) is 26.3. The van der Waals surface area contributed by atoms with E-state index in [1.807, 2.05) is 48.5 Å². The van der Waals surface area contributed by atoms with Crippen LogP contribution >= 0.6 is 17.2 Å². The van der Waals surface area contributed by atoms with E-state index in [2.05, 4.69) is 134 Å². The molecule has 6 aromatic carbocycles. The fourth-order valence-electron chi connectivity index (χ4n) is 8.98. The molecule has 0 fully saturated rings. The van der Waals surface area contributed by atoms with Gasteiger partial charge in [-0.1, -0.05) is 0 Å². The Morgan fingerprint density at radius 3 is 1.26 bits per heavy atom. The van der Waals surface area contributed by atoms with Crippen LogP contribution in [0.5, 0.6) is 0 Å². The number of halogens is 2. The summed E-state index contributed by atoms with van der Waals surface area (Å²) in [6.45, 7) is 4.24. The van der Waals surface area contributed by atoms with Gasteiger partial charge in [-0.25, -0.2) is 0 Å². The van der Waals surface area contributed by atoms with Gasteiger partial charge in [-0.2, -0.15) is 0 Å². The number of allylic oxidation sites excluding steroid dienone is 2. The summed E-state index contributed by atoms with van der Waals surface area (Å²) in [6.07, 6.45) is 5.70. The number of rotatable bonds is 11. The van der Waals surface area contributed by atoms with E-state index in [4.69, 9.17) is 17.2 Å². The van der Waals surface area contributed by atoms with Gasteiger partial charge in [0.1, 0.15) is 0 Å². The van der Waals surface area contributed by atoms with Gasteiger partial charge in [-0.15, -0.1) is 0 Å². The van der Waals surface area contributed by atoms with E-state index in [1.165, 1.54) is 0 Å². The summed E-state index contributed by atoms with van der Waals surface area (Å²) in [7, 11) is 17.6. The Morgan fingerprint density at radius 1 is 0.500 bits per heavy atom. The molecule has 2 atom stereocenters. The van der Waals surface area contributed by atoms with Crippen LogP contribution in [0.25, 0.3) is 45.6 Å². The van der Waals surface area contributed by atoms with Crippen molar-refractivity contribution in [1.29, 1.82) is 0 Å². The van der Waals surface area contributed by atoms with Gasteiger partial charge in [0.25, 0.3) is 0 Å². The first kappa shape index (κ1) is 36.2. The van der Waals surface area contributed by atoms with Gasteiger partial charge in [0, 0.05) is 0 Å². The van der Waals surface area contributed by atoms with E-state index in [0.717, 1.165) is 77.9 Å². The Hall–Kier alpha value is -4.74. The average molecular weight is 911 g/mol. The maximum absolute atomic E-state index is 12.7. The summed E-state index contributed by atoms with van der Waals surface area (Å²) in [5.74, 6) is 0.